The molecule has 0 aromatic heterocycles. The van der Waals surface area contributed by atoms with Crippen LogP contribution in [0.2, 0.25) is 5.02 Å². The van der Waals surface area contributed by atoms with Crippen molar-refractivity contribution in [1.82, 2.24) is 0 Å². The fraction of sp³-hybridized carbons (Fsp3) is 0.231. The molecule has 0 spiro atoms. The van der Waals surface area contributed by atoms with E-state index >= 15 is 0 Å². The SMILES string of the molecule is CC1=C(C)CC(c2ccc(Cl)cc2)=C1. The third kappa shape index (κ3) is 1.76. The van der Waals surface area contributed by atoms with E-state index in [2.05, 4.69) is 32.1 Å². The summed E-state index contributed by atoms with van der Waals surface area (Å²) in [5.41, 5.74) is 5.55. The molecule has 0 amide bonds. The third-order valence-electron chi connectivity index (χ3n) is 2.73. The Hall–Kier alpha value is -1.01. The van der Waals surface area contributed by atoms with Gasteiger partial charge in [-0.2, -0.15) is 0 Å². The Balaban J connectivity index is 2.28. The number of allylic oxidation sites excluding steroid dienone is 4. The average Bonchev–Trinajstić information content (AvgIpc) is 2.48. The summed E-state index contributed by atoms with van der Waals surface area (Å²) in [7, 11) is 0. The van der Waals surface area contributed by atoms with Crippen LogP contribution in [-0.2, 0) is 0 Å². The van der Waals surface area contributed by atoms with Crippen molar-refractivity contribution >= 4 is 17.2 Å². The van der Waals surface area contributed by atoms with Crippen molar-refractivity contribution in [1.29, 1.82) is 0 Å². The van der Waals surface area contributed by atoms with E-state index in [-0.39, 0.29) is 0 Å². The fourth-order valence-corrected chi connectivity index (χ4v) is 1.84. The van der Waals surface area contributed by atoms with E-state index in [1.807, 2.05) is 12.1 Å². The van der Waals surface area contributed by atoms with Crippen molar-refractivity contribution < 1.29 is 0 Å². The highest BCUT2D eigenvalue weighted by Crippen LogP contribution is 2.32. The Kier molecular flexibility index (Phi) is 2.47. The topological polar surface area (TPSA) is 0 Å². The fourth-order valence-electron chi connectivity index (χ4n) is 1.71. The summed E-state index contributed by atoms with van der Waals surface area (Å²) in [6.45, 7) is 4.35. The smallest absolute Gasteiger partial charge is 0.0406 e. The van der Waals surface area contributed by atoms with Crippen LogP contribution in [0.25, 0.3) is 5.57 Å². The van der Waals surface area contributed by atoms with Gasteiger partial charge >= 0.3 is 0 Å². The van der Waals surface area contributed by atoms with E-state index < -0.39 is 0 Å². The Morgan fingerprint density at radius 1 is 1.07 bits per heavy atom. The van der Waals surface area contributed by atoms with Crippen molar-refractivity contribution in [2.45, 2.75) is 20.3 Å². The highest BCUT2D eigenvalue weighted by molar-refractivity contribution is 6.30. The zero-order valence-corrected chi connectivity index (χ0v) is 9.23. The minimum absolute atomic E-state index is 0.800. The number of hydrogen-bond acceptors (Lipinski definition) is 0. The molecule has 1 aromatic rings. The van der Waals surface area contributed by atoms with E-state index in [9.17, 15) is 0 Å². The normalized spacial score (nSPS) is 16.1. The van der Waals surface area contributed by atoms with Crippen molar-refractivity contribution in [2.75, 3.05) is 0 Å². The highest BCUT2D eigenvalue weighted by atomic mass is 35.5. The summed E-state index contributed by atoms with van der Waals surface area (Å²) in [6.07, 6.45) is 3.34. The molecule has 14 heavy (non-hydrogen) atoms. The molecule has 0 N–H and O–H groups in total. The molecule has 0 unspecified atom stereocenters. The molecule has 0 saturated heterocycles. The summed E-state index contributed by atoms with van der Waals surface area (Å²) < 4.78 is 0. The maximum atomic E-state index is 5.85. The molecule has 1 aromatic carbocycles. The van der Waals surface area contributed by atoms with Gasteiger partial charge in [0.2, 0.25) is 0 Å². The van der Waals surface area contributed by atoms with Crippen molar-refractivity contribution in [3.8, 4) is 0 Å². The zero-order valence-electron chi connectivity index (χ0n) is 8.47. The first-order chi connectivity index (χ1) is 6.66. The van der Waals surface area contributed by atoms with Gasteiger partial charge in [0.25, 0.3) is 0 Å². The second-order valence-electron chi connectivity index (χ2n) is 3.82. The summed E-state index contributed by atoms with van der Waals surface area (Å²) in [5.74, 6) is 0. The van der Waals surface area contributed by atoms with Gasteiger partial charge in [0.1, 0.15) is 0 Å². The van der Waals surface area contributed by atoms with Crippen LogP contribution in [0, 0.1) is 0 Å². The lowest BCUT2D eigenvalue weighted by Gasteiger charge is -2.02. The molecule has 0 atom stereocenters. The monoisotopic (exact) mass is 204 g/mol. The number of hydrogen-bond donors (Lipinski definition) is 0. The summed E-state index contributed by atoms with van der Waals surface area (Å²) in [6, 6.07) is 8.06. The lowest BCUT2D eigenvalue weighted by Crippen LogP contribution is -1.80. The number of benzene rings is 1. The molecule has 0 aliphatic heterocycles. The second-order valence-corrected chi connectivity index (χ2v) is 4.25. The Bertz CT molecular complexity index is 407. The molecule has 0 fully saturated rings. The van der Waals surface area contributed by atoms with Gasteiger partial charge in [-0.3, -0.25) is 0 Å². The van der Waals surface area contributed by atoms with Crippen LogP contribution in [0.5, 0.6) is 0 Å². The molecule has 0 nitrogen and oxygen atoms in total. The first kappa shape index (κ1) is 9.54. The molecule has 0 bridgehead atoms. The van der Waals surface area contributed by atoms with Crippen LogP contribution in [0.4, 0.5) is 0 Å². The third-order valence-corrected chi connectivity index (χ3v) is 2.99. The molecule has 72 valence electrons. The molecule has 1 aliphatic carbocycles. The summed E-state index contributed by atoms with van der Waals surface area (Å²) in [5, 5.41) is 0.800. The van der Waals surface area contributed by atoms with Crippen molar-refractivity contribution in [3.05, 3.63) is 52.1 Å². The van der Waals surface area contributed by atoms with Crippen LogP contribution < -0.4 is 0 Å². The largest absolute Gasteiger partial charge is 0.0843 e. The number of halogens is 1. The highest BCUT2D eigenvalue weighted by Gasteiger charge is 2.10. The second kappa shape index (κ2) is 3.62. The van der Waals surface area contributed by atoms with E-state index in [1.54, 1.807) is 0 Å². The molecule has 2 rings (SSSR count). The summed E-state index contributed by atoms with van der Waals surface area (Å²) >= 11 is 5.85. The summed E-state index contributed by atoms with van der Waals surface area (Å²) in [4.78, 5) is 0. The first-order valence-corrected chi connectivity index (χ1v) is 5.17. The van der Waals surface area contributed by atoms with E-state index in [0.29, 0.717) is 0 Å². The maximum Gasteiger partial charge on any atom is 0.0406 e. The molecular formula is C13H13Cl. The standard InChI is InChI=1S/C13H13Cl/c1-9-7-12(8-10(9)2)11-3-5-13(14)6-4-11/h3-7H,8H2,1-2H3. The van der Waals surface area contributed by atoms with E-state index in [1.165, 1.54) is 22.3 Å². The zero-order chi connectivity index (χ0) is 10.1. The quantitative estimate of drug-likeness (QED) is 0.634. The van der Waals surface area contributed by atoms with Crippen LogP contribution in [-0.4, -0.2) is 0 Å². The molecule has 0 radical (unpaired) electrons. The predicted octanol–water partition coefficient (Wildman–Crippen LogP) is 4.46. The van der Waals surface area contributed by atoms with Gasteiger partial charge in [-0.1, -0.05) is 41.0 Å². The lowest BCUT2D eigenvalue weighted by atomic mass is 10.0. The van der Waals surface area contributed by atoms with Crippen LogP contribution in [0.3, 0.4) is 0 Å². The maximum absolute atomic E-state index is 5.85. The molecule has 0 saturated carbocycles. The molecule has 0 heterocycles. The van der Waals surface area contributed by atoms with E-state index in [0.717, 1.165) is 11.4 Å². The van der Waals surface area contributed by atoms with Gasteiger partial charge < -0.3 is 0 Å². The van der Waals surface area contributed by atoms with Gasteiger partial charge in [0.05, 0.1) is 0 Å². The van der Waals surface area contributed by atoms with Crippen LogP contribution in [0.15, 0.2) is 41.5 Å². The van der Waals surface area contributed by atoms with Crippen LogP contribution in [0.1, 0.15) is 25.8 Å². The Morgan fingerprint density at radius 3 is 2.21 bits per heavy atom. The van der Waals surface area contributed by atoms with Gasteiger partial charge in [0.15, 0.2) is 0 Å². The number of rotatable bonds is 1. The van der Waals surface area contributed by atoms with Gasteiger partial charge in [-0.25, -0.2) is 0 Å². The Labute approximate surface area is 89.9 Å². The van der Waals surface area contributed by atoms with Gasteiger partial charge in [-0.05, 0) is 43.5 Å². The predicted molar refractivity (Wildman–Crippen MR) is 62.4 cm³/mol. The van der Waals surface area contributed by atoms with E-state index in [4.69, 9.17) is 11.6 Å². The minimum atomic E-state index is 0.800. The molecule has 1 heteroatoms. The molecule has 1 aliphatic rings. The van der Waals surface area contributed by atoms with Crippen LogP contribution >= 0.6 is 11.6 Å². The molecular weight excluding hydrogens is 192 g/mol. The average molecular weight is 205 g/mol. The first-order valence-electron chi connectivity index (χ1n) is 4.79. The lowest BCUT2D eigenvalue weighted by molar-refractivity contribution is 1.23. The minimum Gasteiger partial charge on any atom is -0.0843 e. The van der Waals surface area contributed by atoms with Crippen molar-refractivity contribution in [2.24, 2.45) is 0 Å². The van der Waals surface area contributed by atoms with Gasteiger partial charge in [-0.15, -0.1) is 0 Å². The van der Waals surface area contributed by atoms with Crippen molar-refractivity contribution in [3.63, 3.8) is 0 Å². The Morgan fingerprint density at radius 2 is 1.71 bits per heavy atom. The van der Waals surface area contributed by atoms with Gasteiger partial charge in [0, 0.05) is 5.02 Å².